The predicted molar refractivity (Wildman–Crippen MR) is 145 cm³/mol. The van der Waals surface area contributed by atoms with Crippen LogP contribution in [0.2, 0.25) is 0 Å². The average Bonchev–Trinajstić information content (AvgIpc) is 3.26. The number of hydrogen-bond donors (Lipinski definition) is 0. The van der Waals surface area contributed by atoms with Crippen LogP contribution >= 0.6 is 23.7 Å². The minimum absolute atomic E-state index is 0. The molecule has 1 aromatic heterocycles. The lowest BCUT2D eigenvalue weighted by Crippen LogP contribution is -2.33. The lowest BCUT2D eigenvalue weighted by atomic mass is 10.2. The smallest absolute Gasteiger partial charge is 0.260 e. The average molecular weight is 541 g/mol. The van der Waals surface area contributed by atoms with E-state index in [0.717, 1.165) is 23.2 Å². The number of aromatic nitrogens is 1. The van der Waals surface area contributed by atoms with Gasteiger partial charge in [0.25, 0.3) is 5.91 Å². The molecule has 3 rings (SSSR count). The second kappa shape index (κ2) is 12.6. The van der Waals surface area contributed by atoms with Crippen LogP contribution in [0.3, 0.4) is 0 Å². The second-order valence-electron chi connectivity index (χ2n) is 8.03. The third-order valence-electron chi connectivity index (χ3n) is 5.50. The van der Waals surface area contributed by atoms with E-state index in [2.05, 4.69) is 4.90 Å². The molecule has 11 heteroatoms. The zero-order valence-electron chi connectivity index (χ0n) is 20.7. The Hall–Kier alpha value is -2.24. The van der Waals surface area contributed by atoms with E-state index in [9.17, 15) is 13.2 Å². The molecule has 192 valence electrons. The molecule has 0 unspecified atom stereocenters. The molecule has 0 radical (unpaired) electrons. The Morgan fingerprint density at radius 3 is 2.26 bits per heavy atom. The Morgan fingerprint density at radius 1 is 1.03 bits per heavy atom. The SMILES string of the molecule is CCN(CC)S(=O)(=O)c1ccc(C(=O)N(CCCN(C)C)c2nc3c(OC)cccc3s2)cc1.Cl. The molecule has 0 saturated carbocycles. The van der Waals surface area contributed by atoms with E-state index in [1.807, 2.05) is 32.3 Å². The number of rotatable bonds is 11. The maximum absolute atomic E-state index is 13.5. The molecule has 0 fully saturated rings. The van der Waals surface area contributed by atoms with Gasteiger partial charge in [0, 0.05) is 25.2 Å². The number of methoxy groups -OCH3 is 1. The van der Waals surface area contributed by atoms with Crippen molar-refractivity contribution in [3.8, 4) is 5.75 Å². The van der Waals surface area contributed by atoms with Gasteiger partial charge in [-0.15, -0.1) is 12.4 Å². The zero-order chi connectivity index (χ0) is 24.9. The number of ether oxygens (including phenoxy) is 1. The van der Waals surface area contributed by atoms with Gasteiger partial charge in [0.2, 0.25) is 10.0 Å². The number of carbonyl (C=O) groups excluding carboxylic acids is 1. The van der Waals surface area contributed by atoms with Crippen molar-refractivity contribution in [2.24, 2.45) is 0 Å². The Balaban J connectivity index is 0.00000432. The summed E-state index contributed by atoms with van der Waals surface area (Å²) in [5.74, 6) is 0.440. The fourth-order valence-corrected chi connectivity index (χ4v) is 6.12. The molecule has 3 aromatic rings. The molecule has 0 atom stereocenters. The van der Waals surface area contributed by atoms with Crippen molar-refractivity contribution in [3.63, 3.8) is 0 Å². The summed E-state index contributed by atoms with van der Waals surface area (Å²) in [5, 5.41) is 0.586. The van der Waals surface area contributed by atoms with Crippen LogP contribution in [0.1, 0.15) is 30.6 Å². The number of amides is 1. The summed E-state index contributed by atoms with van der Waals surface area (Å²) in [4.78, 5) is 22.2. The fourth-order valence-electron chi connectivity index (χ4n) is 3.66. The molecular formula is C24H33ClN4O4S2. The van der Waals surface area contributed by atoms with Crippen molar-refractivity contribution in [3.05, 3.63) is 48.0 Å². The normalized spacial score (nSPS) is 11.6. The topological polar surface area (TPSA) is 83.1 Å². The fraction of sp³-hybridized carbons (Fsp3) is 0.417. The van der Waals surface area contributed by atoms with Crippen molar-refractivity contribution in [1.82, 2.24) is 14.2 Å². The molecule has 0 saturated heterocycles. The van der Waals surface area contributed by atoms with Crippen LogP contribution < -0.4 is 9.64 Å². The van der Waals surface area contributed by atoms with Gasteiger partial charge in [-0.05, 0) is 63.5 Å². The largest absolute Gasteiger partial charge is 0.494 e. The first-order valence-corrected chi connectivity index (χ1v) is 13.5. The van der Waals surface area contributed by atoms with E-state index in [-0.39, 0.29) is 23.2 Å². The van der Waals surface area contributed by atoms with Crippen LogP contribution in [0.4, 0.5) is 5.13 Å². The summed E-state index contributed by atoms with van der Waals surface area (Å²) in [7, 11) is 1.99. The van der Waals surface area contributed by atoms with Gasteiger partial charge < -0.3 is 9.64 Å². The highest BCUT2D eigenvalue weighted by atomic mass is 35.5. The van der Waals surface area contributed by atoms with Gasteiger partial charge in [-0.2, -0.15) is 4.31 Å². The van der Waals surface area contributed by atoms with Crippen molar-refractivity contribution in [2.75, 3.05) is 52.3 Å². The standard InChI is InChI=1S/C24H32N4O4S2.ClH/c1-6-27(7-2)34(30,31)19-14-12-18(13-15-19)23(29)28(17-9-16-26(3)4)24-25-22-20(32-5)10-8-11-21(22)33-24;/h8,10-15H,6-7,9,16-17H2,1-5H3;1H. The molecular weight excluding hydrogens is 508 g/mol. The van der Waals surface area contributed by atoms with Crippen LogP contribution in [0.15, 0.2) is 47.4 Å². The first kappa shape index (κ1) is 29.0. The third kappa shape index (κ3) is 6.50. The third-order valence-corrected chi connectivity index (χ3v) is 8.61. The zero-order valence-corrected chi connectivity index (χ0v) is 23.2. The Labute approximate surface area is 218 Å². The quantitative estimate of drug-likeness (QED) is 0.359. The number of carbonyl (C=O) groups is 1. The van der Waals surface area contributed by atoms with Gasteiger partial charge in [0.1, 0.15) is 11.3 Å². The summed E-state index contributed by atoms with van der Waals surface area (Å²) in [5.41, 5.74) is 1.13. The first-order valence-electron chi connectivity index (χ1n) is 11.2. The lowest BCUT2D eigenvalue weighted by molar-refractivity contribution is 0.0986. The molecule has 0 aliphatic carbocycles. The van der Waals surface area contributed by atoms with Gasteiger partial charge in [-0.3, -0.25) is 9.69 Å². The molecule has 1 heterocycles. The van der Waals surface area contributed by atoms with Crippen molar-refractivity contribution in [1.29, 1.82) is 0 Å². The molecule has 8 nitrogen and oxygen atoms in total. The van der Waals surface area contributed by atoms with Crippen LogP contribution in [0.25, 0.3) is 10.2 Å². The summed E-state index contributed by atoms with van der Waals surface area (Å²) >= 11 is 1.43. The predicted octanol–water partition coefficient (Wildman–Crippen LogP) is 4.36. The molecule has 2 aromatic carbocycles. The van der Waals surface area contributed by atoms with E-state index in [1.54, 1.807) is 38.0 Å². The number of halogens is 1. The minimum Gasteiger partial charge on any atom is -0.494 e. The molecule has 0 bridgehead atoms. The van der Waals surface area contributed by atoms with E-state index in [0.29, 0.717) is 36.1 Å². The number of hydrogen-bond acceptors (Lipinski definition) is 7. The number of fused-ring (bicyclic) bond motifs is 1. The highest BCUT2D eigenvalue weighted by Crippen LogP contribution is 2.34. The summed E-state index contributed by atoms with van der Waals surface area (Å²) in [6, 6.07) is 11.8. The first-order chi connectivity index (χ1) is 16.2. The van der Waals surface area contributed by atoms with Crippen LogP contribution in [-0.4, -0.2) is 75.9 Å². The van der Waals surface area contributed by atoms with Gasteiger partial charge in [-0.1, -0.05) is 31.3 Å². The highest BCUT2D eigenvalue weighted by Gasteiger charge is 2.25. The second-order valence-corrected chi connectivity index (χ2v) is 11.0. The monoisotopic (exact) mass is 540 g/mol. The van der Waals surface area contributed by atoms with Crippen LogP contribution in [-0.2, 0) is 10.0 Å². The van der Waals surface area contributed by atoms with Gasteiger partial charge in [0.05, 0.1) is 16.7 Å². The Bertz CT molecular complexity index is 1230. The van der Waals surface area contributed by atoms with Gasteiger partial charge >= 0.3 is 0 Å². The summed E-state index contributed by atoms with van der Waals surface area (Å²) < 4.78 is 33.4. The van der Waals surface area contributed by atoms with Gasteiger partial charge in [-0.25, -0.2) is 13.4 Å². The van der Waals surface area contributed by atoms with E-state index in [1.165, 1.54) is 27.8 Å². The molecule has 1 amide bonds. The molecule has 0 N–H and O–H groups in total. The number of anilines is 1. The molecule has 0 spiro atoms. The highest BCUT2D eigenvalue weighted by molar-refractivity contribution is 7.89. The molecule has 0 aliphatic heterocycles. The minimum atomic E-state index is -3.59. The number of benzene rings is 2. The van der Waals surface area contributed by atoms with Crippen molar-refractivity contribution in [2.45, 2.75) is 25.2 Å². The molecule has 0 aliphatic rings. The maximum Gasteiger partial charge on any atom is 0.260 e. The Morgan fingerprint density at radius 2 is 1.69 bits per heavy atom. The summed E-state index contributed by atoms with van der Waals surface area (Å²) in [6.07, 6.45) is 0.764. The number of nitrogens with zero attached hydrogens (tertiary/aromatic N) is 4. The van der Waals surface area contributed by atoms with E-state index < -0.39 is 10.0 Å². The number of sulfonamides is 1. The van der Waals surface area contributed by atoms with Crippen LogP contribution in [0.5, 0.6) is 5.75 Å². The lowest BCUT2D eigenvalue weighted by Gasteiger charge is -2.22. The van der Waals surface area contributed by atoms with E-state index >= 15 is 0 Å². The van der Waals surface area contributed by atoms with Crippen molar-refractivity contribution >= 4 is 55.0 Å². The van der Waals surface area contributed by atoms with Crippen LogP contribution in [0, 0.1) is 0 Å². The van der Waals surface area contributed by atoms with Crippen molar-refractivity contribution < 1.29 is 17.9 Å². The van der Waals surface area contributed by atoms with E-state index in [4.69, 9.17) is 9.72 Å². The number of para-hydroxylation sites is 1. The van der Waals surface area contributed by atoms with Gasteiger partial charge in [0.15, 0.2) is 5.13 Å². The number of thiazole rings is 1. The molecule has 35 heavy (non-hydrogen) atoms. The summed E-state index contributed by atoms with van der Waals surface area (Å²) in [6.45, 7) is 5.69. The maximum atomic E-state index is 13.5. The Kier molecular flexibility index (Phi) is 10.5.